The van der Waals surface area contributed by atoms with Gasteiger partial charge in [0, 0.05) is 22.0 Å². The molecular formula is C24H24N6OS3. The number of anilines is 1. The number of carbonyl (C=O) groups is 1. The Kier molecular flexibility index (Phi) is 5.29. The highest BCUT2D eigenvalue weighted by atomic mass is 32.2. The summed E-state index contributed by atoms with van der Waals surface area (Å²) in [5, 5.41) is 10.2. The number of benzene rings is 1. The first-order chi connectivity index (χ1) is 16.4. The smallest absolute Gasteiger partial charge is 0.262 e. The van der Waals surface area contributed by atoms with Crippen LogP contribution in [-0.2, 0) is 13.1 Å². The topological polar surface area (TPSA) is 77.2 Å². The lowest BCUT2D eigenvalue weighted by atomic mass is 10.1. The maximum absolute atomic E-state index is 13.6. The zero-order valence-corrected chi connectivity index (χ0v) is 21.4. The molecular weight excluding hydrogens is 485 g/mol. The van der Waals surface area contributed by atoms with Gasteiger partial charge >= 0.3 is 0 Å². The van der Waals surface area contributed by atoms with E-state index in [2.05, 4.69) is 56.5 Å². The highest BCUT2D eigenvalue weighted by Crippen LogP contribution is 2.45. The van der Waals surface area contributed by atoms with Gasteiger partial charge in [0.1, 0.15) is 10.8 Å². The number of H-pyrrole nitrogens is 1. The van der Waals surface area contributed by atoms with Crippen LogP contribution in [0.1, 0.15) is 45.6 Å². The van der Waals surface area contributed by atoms with Gasteiger partial charge in [-0.1, -0.05) is 18.7 Å². The van der Waals surface area contributed by atoms with E-state index in [0.29, 0.717) is 18.9 Å². The second kappa shape index (κ2) is 8.23. The van der Waals surface area contributed by atoms with Crippen molar-refractivity contribution in [3.05, 3.63) is 70.1 Å². The van der Waals surface area contributed by atoms with Crippen LogP contribution in [0.15, 0.2) is 53.3 Å². The third-order valence-corrected chi connectivity index (χ3v) is 9.53. The first-order valence-corrected chi connectivity index (χ1v) is 13.5. The predicted octanol–water partition coefficient (Wildman–Crippen LogP) is 5.67. The molecule has 2 aliphatic rings. The number of hydrogen-bond acceptors (Lipinski definition) is 8. The van der Waals surface area contributed by atoms with Crippen LogP contribution in [0, 0.1) is 6.92 Å². The molecule has 0 bridgehead atoms. The lowest BCUT2D eigenvalue weighted by Gasteiger charge is -2.37. The van der Waals surface area contributed by atoms with Gasteiger partial charge in [-0.3, -0.25) is 19.5 Å². The zero-order chi connectivity index (χ0) is 23.4. The summed E-state index contributed by atoms with van der Waals surface area (Å²) in [4.78, 5) is 22.9. The number of aromatic amines is 1. The maximum Gasteiger partial charge on any atom is 0.262 e. The summed E-state index contributed by atoms with van der Waals surface area (Å²) in [6.07, 6.45) is 6.04. The number of carbonyl (C=O) groups excluding carboxylic acids is 1. The molecule has 0 atom stereocenters. The van der Waals surface area contributed by atoms with Crippen molar-refractivity contribution < 1.29 is 4.79 Å². The second-order valence-corrected chi connectivity index (χ2v) is 12.5. The van der Waals surface area contributed by atoms with Crippen LogP contribution in [0.25, 0.3) is 10.9 Å². The Morgan fingerprint density at radius 1 is 1.21 bits per heavy atom. The van der Waals surface area contributed by atoms with Crippen LogP contribution in [0.3, 0.4) is 0 Å². The van der Waals surface area contributed by atoms with Crippen molar-refractivity contribution in [2.75, 3.05) is 4.90 Å². The summed E-state index contributed by atoms with van der Waals surface area (Å²) in [7, 11) is 0. The van der Waals surface area contributed by atoms with Gasteiger partial charge in [0.2, 0.25) is 0 Å². The largest absolute Gasteiger partial charge is 0.315 e. The highest BCUT2D eigenvalue weighted by molar-refractivity contribution is 7.99. The molecule has 0 saturated heterocycles. The van der Waals surface area contributed by atoms with E-state index in [-0.39, 0.29) is 11.4 Å². The number of nitrogens with zero attached hydrogens (tertiary/aromatic N) is 4. The minimum atomic E-state index is -0.00735. The number of amides is 1. The quantitative estimate of drug-likeness (QED) is 0.313. The van der Waals surface area contributed by atoms with Crippen LogP contribution >= 0.6 is 34.6 Å². The van der Waals surface area contributed by atoms with Crippen LogP contribution in [0.2, 0.25) is 0 Å². The molecule has 7 nitrogen and oxygen atoms in total. The molecule has 34 heavy (non-hydrogen) atoms. The van der Waals surface area contributed by atoms with Crippen molar-refractivity contribution in [1.29, 1.82) is 0 Å². The van der Waals surface area contributed by atoms with Crippen LogP contribution in [-0.4, -0.2) is 31.5 Å². The van der Waals surface area contributed by atoms with Crippen LogP contribution in [0.4, 0.5) is 5.00 Å². The summed E-state index contributed by atoms with van der Waals surface area (Å²) >= 11 is 4.88. The predicted molar refractivity (Wildman–Crippen MR) is 139 cm³/mol. The third-order valence-electron chi connectivity index (χ3n) is 6.26. The lowest BCUT2D eigenvalue weighted by molar-refractivity contribution is 0.0784. The van der Waals surface area contributed by atoms with E-state index in [1.54, 1.807) is 39.5 Å². The molecule has 1 fully saturated rings. The summed E-state index contributed by atoms with van der Waals surface area (Å²) in [5.41, 5.74) is 3.06. The SMILES string of the molecule is C=C1N(Cc2cnc(C)s2)C(=O)c2cc(SNC3(C)CC3)sc2N1Cc1ccc2cn[nH]c2c1. The van der Waals surface area contributed by atoms with Crippen molar-refractivity contribution in [2.45, 2.75) is 49.5 Å². The average Bonchev–Trinajstić information content (AvgIpc) is 3.21. The number of thiophene rings is 1. The van der Waals surface area contributed by atoms with E-state index in [9.17, 15) is 4.79 Å². The Bertz CT molecular complexity index is 1410. The molecule has 0 radical (unpaired) electrons. The Labute approximate surface area is 210 Å². The molecule has 4 heterocycles. The van der Waals surface area contributed by atoms with Crippen molar-refractivity contribution in [3.8, 4) is 0 Å². The highest BCUT2D eigenvalue weighted by Gasteiger charge is 2.38. The minimum Gasteiger partial charge on any atom is -0.315 e. The van der Waals surface area contributed by atoms with Crippen molar-refractivity contribution in [3.63, 3.8) is 0 Å². The van der Waals surface area contributed by atoms with Gasteiger partial charge in [0.05, 0.1) is 39.6 Å². The van der Waals surface area contributed by atoms with Crippen molar-refractivity contribution >= 4 is 56.4 Å². The number of rotatable bonds is 7. The van der Waals surface area contributed by atoms with E-state index in [4.69, 9.17) is 0 Å². The average molecular weight is 509 g/mol. The molecule has 1 aliphatic heterocycles. The van der Waals surface area contributed by atoms with Gasteiger partial charge in [-0.15, -0.1) is 22.7 Å². The van der Waals surface area contributed by atoms with E-state index in [0.717, 1.165) is 41.1 Å². The van der Waals surface area contributed by atoms with E-state index in [1.807, 2.05) is 25.4 Å². The molecule has 0 spiro atoms. The van der Waals surface area contributed by atoms with E-state index < -0.39 is 0 Å². The molecule has 3 aromatic heterocycles. The van der Waals surface area contributed by atoms with Gasteiger partial charge in [0.25, 0.3) is 5.91 Å². The number of hydrogen-bond donors (Lipinski definition) is 2. The van der Waals surface area contributed by atoms with E-state index in [1.165, 1.54) is 12.8 Å². The van der Waals surface area contributed by atoms with Gasteiger partial charge in [-0.2, -0.15) is 5.10 Å². The summed E-state index contributed by atoms with van der Waals surface area (Å²) in [5.74, 6) is 0.681. The first-order valence-electron chi connectivity index (χ1n) is 11.1. The van der Waals surface area contributed by atoms with Gasteiger partial charge in [0.15, 0.2) is 0 Å². The molecule has 0 unspecified atom stereocenters. The second-order valence-electron chi connectivity index (χ2n) is 9.08. The fraction of sp³-hybridized carbons (Fsp3) is 0.292. The summed E-state index contributed by atoms with van der Waals surface area (Å²) in [6.45, 7) is 9.65. The molecule has 10 heteroatoms. The Morgan fingerprint density at radius 3 is 2.82 bits per heavy atom. The number of thiazole rings is 1. The Hall–Kier alpha value is -2.66. The molecule has 1 saturated carbocycles. The monoisotopic (exact) mass is 508 g/mol. The summed E-state index contributed by atoms with van der Waals surface area (Å²) < 4.78 is 4.65. The van der Waals surface area contributed by atoms with Gasteiger partial charge in [-0.25, -0.2) is 4.98 Å². The maximum atomic E-state index is 13.6. The molecule has 1 aromatic carbocycles. The van der Waals surface area contributed by atoms with Gasteiger partial charge < -0.3 is 4.90 Å². The molecule has 4 aromatic rings. The number of nitrogens with one attached hydrogen (secondary N) is 2. The molecule has 1 amide bonds. The van der Waals surface area contributed by atoms with Crippen LogP contribution in [0.5, 0.6) is 0 Å². The van der Waals surface area contributed by atoms with Crippen molar-refractivity contribution in [2.24, 2.45) is 0 Å². The Balaban J connectivity index is 1.35. The third kappa shape index (κ3) is 4.04. The Morgan fingerprint density at radius 2 is 2.06 bits per heavy atom. The van der Waals surface area contributed by atoms with Crippen molar-refractivity contribution in [1.82, 2.24) is 24.8 Å². The lowest BCUT2D eigenvalue weighted by Crippen LogP contribution is -2.42. The molecule has 2 N–H and O–H groups in total. The standard InChI is InChI=1S/C24H24N6OS3/c1-14-25-11-18(32-14)13-29-15(2)30(12-16-4-5-17-10-26-27-20(17)8-16)23-19(22(29)31)9-21(33-23)34-28-24(3)6-7-24/h4-5,8-11,28H,2,6-7,12-13H2,1,3H3,(H,26,27). The number of aromatic nitrogens is 3. The number of aryl methyl sites for hydroxylation is 1. The summed E-state index contributed by atoms with van der Waals surface area (Å²) in [6, 6.07) is 8.31. The normalized spacial score (nSPS) is 17.0. The van der Waals surface area contributed by atoms with E-state index >= 15 is 0 Å². The van der Waals surface area contributed by atoms with Crippen LogP contribution < -0.4 is 9.62 Å². The van der Waals surface area contributed by atoms with Gasteiger partial charge in [-0.05, 0) is 56.3 Å². The molecule has 6 rings (SSSR count). The fourth-order valence-corrected chi connectivity index (χ4v) is 6.92. The fourth-order valence-electron chi connectivity index (χ4n) is 3.98. The molecule has 1 aliphatic carbocycles. The first kappa shape index (κ1) is 21.8. The number of fused-ring (bicyclic) bond motifs is 2. The zero-order valence-electron chi connectivity index (χ0n) is 18.9. The molecule has 174 valence electrons. The minimum absolute atomic E-state index is 0.00735.